The maximum absolute atomic E-state index is 12.0. The molecule has 8 heteroatoms. The summed E-state index contributed by atoms with van der Waals surface area (Å²) in [6.07, 6.45) is 2.18. The normalized spacial score (nSPS) is 11.3. The summed E-state index contributed by atoms with van der Waals surface area (Å²) in [5, 5.41) is 6.70. The van der Waals surface area contributed by atoms with Crippen molar-refractivity contribution in [3.8, 4) is 0 Å². The van der Waals surface area contributed by atoms with Crippen molar-refractivity contribution in [3.05, 3.63) is 46.9 Å². The van der Waals surface area contributed by atoms with E-state index in [4.69, 9.17) is 11.6 Å². The molecule has 0 aromatic carbocycles. The zero-order chi connectivity index (χ0) is 19.1. The number of nitrogens with zero attached hydrogens (tertiary/aromatic N) is 4. The molecular weight excluding hydrogens is 352 g/mol. The van der Waals surface area contributed by atoms with Crippen LogP contribution in [-0.2, 0) is 18.4 Å². The van der Waals surface area contributed by atoms with Crippen LogP contribution in [0.3, 0.4) is 0 Å². The van der Waals surface area contributed by atoms with Gasteiger partial charge in [-0.2, -0.15) is 0 Å². The predicted octanol–water partition coefficient (Wildman–Crippen LogP) is 2.42. The average Bonchev–Trinajstić information content (AvgIpc) is 2.88. The van der Waals surface area contributed by atoms with E-state index in [-0.39, 0.29) is 5.91 Å². The molecule has 0 atom stereocenters. The summed E-state index contributed by atoms with van der Waals surface area (Å²) in [6.45, 7) is 3.02. The number of pyridine rings is 1. The van der Waals surface area contributed by atoms with Crippen LogP contribution in [0, 0.1) is 6.92 Å². The molecule has 0 aliphatic carbocycles. The SMILES string of the molecule is CN=C(NCCC(=O)Nc1cccc(C)n1)N(C)Cc1cc(Cl)cn1C. The molecule has 0 saturated carbocycles. The van der Waals surface area contributed by atoms with Crippen LogP contribution in [0.1, 0.15) is 17.8 Å². The van der Waals surface area contributed by atoms with E-state index in [0.717, 1.165) is 11.4 Å². The van der Waals surface area contributed by atoms with Crippen LogP contribution in [-0.4, -0.2) is 47.0 Å². The van der Waals surface area contributed by atoms with Crippen molar-refractivity contribution in [2.45, 2.75) is 19.9 Å². The van der Waals surface area contributed by atoms with Gasteiger partial charge in [-0.15, -0.1) is 0 Å². The number of carbonyl (C=O) groups excluding carboxylic acids is 1. The highest BCUT2D eigenvalue weighted by molar-refractivity contribution is 6.30. The van der Waals surface area contributed by atoms with Crippen LogP contribution in [0.2, 0.25) is 5.02 Å². The van der Waals surface area contributed by atoms with Gasteiger partial charge in [-0.1, -0.05) is 17.7 Å². The lowest BCUT2D eigenvalue weighted by Crippen LogP contribution is -2.40. The van der Waals surface area contributed by atoms with Crippen molar-refractivity contribution < 1.29 is 4.79 Å². The zero-order valence-corrected chi connectivity index (χ0v) is 16.3. The van der Waals surface area contributed by atoms with Gasteiger partial charge in [-0.25, -0.2) is 4.98 Å². The number of anilines is 1. The number of guanidine groups is 1. The topological polar surface area (TPSA) is 74.5 Å². The molecule has 2 aromatic heterocycles. The van der Waals surface area contributed by atoms with Gasteiger partial charge in [-0.05, 0) is 25.1 Å². The second-order valence-electron chi connectivity index (χ2n) is 6.05. The molecule has 0 fully saturated rings. The van der Waals surface area contributed by atoms with Gasteiger partial charge < -0.3 is 20.1 Å². The quantitative estimate of drug-likeness (QED) is 0.599. The number of nitrogens with one attached hydrogen (secondary N) is 2. The van der Waals surface area contributed by atoms with Gasteiger partial charge >= 0.3 is 0 Å². The molecule has 0 aliphatic heterocycles. The monoisotopic (exact) mass is 376 g/mol. The van der Waals surface area contributed by atoms with E-state index in [9.17, 15) is 4.79 Å². The summed E-state index contributed by atoms with van der Waals surface area (Å²) in [6, 6.07) is 7.45. The van der Waals surface area contributed by atoms with E-state index >= 15 is 0 Å². The van der Waals surface area contributed by atoms with Crippen molar-refractivity contribution in [1.82, 2.24) is 19.8 Å². The molecule has 0 saturated heterocycles. The van der Waals surface area contributed by atoms with Gasteiger partial charge in [-0.3, -0.25) is 9.79 Å². The summed E-state index contributed by atoms with van der Waals surface area (Å²) < 4.78 is 1.98. The molecule has 2 aromatic rings. The molecule has 0 radical (unpaired) electrons. The maximum atomic E-state index is 12.0. The number of hydrogen-bond acceptors (Lipinski definition) is 3. The third kappa shape index (κ3) is 5.77. The Balaban J connectivity index is 1.80. The summed E-state index contributed by atoms with van der Waals surface area (Å²) in [5.41, 5.74) is 1.94. The molecule has 2 rings (SSSR count). The Bertz CT molecular complexity index is 786. The van der Waals surface area contributed by atoms with E-state index in [2.05, 4.69) is 20.6 Å². The van der Waals surface area contributed by atoms with Crippen LogP contribution in [0.4, 0.5) is 5.82 Å². The van der Waals surface area contributed by atoms with E-state index < -0.39 is 0 Å². The number of amides is 1. The molecule has 0 unspecified atom stereocenters. The van der Waals surface area contributed by atoms with Crippen LogP contribution in [0.15, 0.2) is 35.5 Å². The molecule has 7 nitrogen and oxygen atoms in total. The standard InChI is InChI=1S/C18H25ClN6O/c1-13-6-5-7-16(22-13)23-17(26)8-9-21-18(20-2)25(4)12-15-10-14(19)11-24(15)3/h5-7,10-11H,8-9,12H2,1-4H3,(H,20,21)(H,22,23,26). The van der Waals surface area contributed by atoms with Crippen LogP contribution in [0.5, 0.6) is 0 Å². The summed E-state index contributed by atoms with van der Waals surface area (Å²) in [5.74, 6) is 1.18. The third-order valence-corrected chi connectivity index (χ3v) is 4.04. The van der Waals surface area contributed by atoms with Gasteiger partial charge in [0.25, 0.3) is 0 Å². The number of carbonyl (C=O) groups is 1. The number of hydrogen-bond donors (Lipinski definition) is 2. The first kappa shape index (κ1) is 19.8. The predicted molar refractivity (Wildman–Crippen MR) is 105 cm³/mol. The second kappa shape index (κ2) is 9.24. The van der Waals surface area contributed by atoms with Gasteiger partial charge in [0.2, 0.25) is 5.91 Å². The first-order valence-electron chi connectivity index (χ1n) is 8.35. The van der Waals surface area contributed by atoms with E-state index in [1.807, 2.05) is 54.9 Å². The average molecular weight is 377 g/mol. The minimum absolute atomic E-state index is 0.0945. The highest BCUT2D eigenvalue weighted by Crippen LogP contribution is 2.14. The van der Waals surface area contributed by atoms with Crippen molar-refractivity contribution in [2.24, 2.45) is 12.0 Å². The molecule has 2 heterocycles. The lowest BCUT2D eigenvalue weighted by Gasteiger charge is -2.22. The molecular formula is C18H25ClN6O. The van der Waals surface area contributed by atoms with E-state index in [0.29, 0.717) is 36.3 Å². The van der Waals surface area contributed by atoms with Crippen LogP contribution in [0.25, 0.3) is 0 Å². The van der Waals surface area contributed by atoms with Crippen molar-refractivity contribution >= 4 is 29.3 Å². The van der Waals surface area contributed by atoms with Crippen molar-refractivity contribution in [2.75, 3.05) is 26.0 Å². The molecule has 140 valence electrons. The smallest absolute Gasteiger partial charge is 0.227 e. The summed E-state index contributed by atoms with van der Waals surface area (Å²) >= 11 is 6.02. The number of aryl methyl sites for hydroxylation is 2. The molecule has 0 spiro atoms. The molecule has 26 heavy (non-hydrogen) atoms. The molecule has 1 amide bonds. The number of aromatic nitrogens is 2. The number of halogens is 1. The lowest BCUT2D eigenvalue weighted by atomic mass is 10.3. The minimum Gasteiger partial charge on any atom is -0.356 e. The largest absolute Gasteiger partial charge is 0.356 e. The Kier molecular flexibility index (Phi) is 7.03. The Morgan fingerprint density at radius 2 is 2.19 bits per heavy atom. The lowest BCUT2D eigenvalue weighted by molar-refractivity contribution is -0.116. The van der Waals surface area contributed by atoms with Gasteiger partial charge in [0.1, 0.15) is 5.82 Å². The Morgan fingerprint density at radius 1 is 1.42 bits per heavy atom. The highest BCUT2D eigenvalue weighted by atomic mass is 35.5. The zero-order valence-electron chi connectivity index (χ0n) is 15.6. The Hall–Kier alpha value is -2.54. The number of aliphatic imine (C=N–C) groups is 1. The minimum atomic E-state index is -0.0945. The van der Waals surface area contributed by atoms with Crippen LogP contribution < -0.4 is 10.6 Å². The third-order valence-electron chi connectivity index (χ3n) is 3.84. The first-order valence-corrected chi connectivity index (χ1v) is 8.73. The van der Waals surface area contributed by atoms with Gasteiger partial charge in [0.05, 0.1) is 11.6 Å². The van der Waals surface area contributed by atoms with E-state index in [1.165, 1.54) is 0 Å². The van der Waals surface area contributed by atoms with Crippen molar-refractivity contribution in [3.63, 3.8) is 0 Å². The number of rotatable bonds is 6. The second-order valence-corrected chi connectivity index (χ2v) is 6.49. The maximum Gasteiger partial charge on any atom is 0.227 e. The molecule has 0 aliphatic rings. The fourth-order valence-corrected chi connectivity index (χ4v) is 2.80. The molecule has 0 bridgehead atoms. The van der Waals surface area contributed by atoms with Gasteiger partial charge in [0, 0.05) is 51.7 Å². The highest BCUT2D eigenvalue weighted by Gasteiger charge is 2.10. The van der Waals surface area contributed by atoms with Crippen LogP contribution >= 0.6 is 11.6 Å². The fraction of sp³-hybridized carbons (Fsp3) is 0.389. The first-order chi connectivity index (χ1) is 12.4. The van der Waals surface area contributed by atoms with Gasteiger partial charge in [0.15, 0.2) is 5.96 Å². The summed E-state index contributed by atoms with van der Waals surface area (Å²) in [7, 11) is 5.61. The Morgan fingerprint density at radius 3 is 2.81 bits per heavy atom. The van der Waals surface area contributed by atoms with Crippen molar-refractivity contribution in [1.29, 1.82) is 0 Å². The van der Waals surface area contributed by atoms with E-state index in [1.54, 1.807) is 13.1 Å². The Labute approximate surface area is 159 Å². The summed E-state index contributed by atoms with van der Waals surface area (Å²) in [4.78, 5) is 22.5. The molecule has 2 N–H and O–H groups in total. The fourth-order valence-electron chi connectivity index (χ4n) is 2.53.